The average Bonchev–Trinajstić information content (AvgIpc) is 3.87. The number of carboxylic acid groups (broad SMARTS) is 1. The number of nitrogens with one attached hydrogen (secondary N) is 1. The number of anilines is 1. The number of amides is 2. The number of aliphatic carboxylic acids is 1. The van der Waals surface area contributed by atoms with Crippen LogP contribution in [0.1, 0.15) is 52.9 Å². The molecular weight excluding hydrogens is 713 g/mol. The van der Waals surface area contributed by atoms with Crippen molar-refractivity contribution in [2.45, 2.75) is 38.8 Å². The first-order chi connectivity index (χ1) is 26.8. The molecule has 2 amide bonds. The lowest BCUT2D eigenvalue weighted by Gasteiger charge is -2.28. The van der Waals surface area contributed by atoms with Crippen molar-refractivity contribution in [1.29, 1.82) is 5.26 Å². The zero-order valence-electron chi connectivity index (χ0n) is 29.9. The van der Waals surface area contributed by atoms with E-state index in [4.69, 9.17) is 15.5 Å². The van der Waals surface area contributed by atoms with Crippen LogP contribution >= 0.6 is 11.8 Å². The lowest BCUT2D eigenvalue weighted by Crippen LogP contribution is -2.31. The van der Waals surface area contributed by atoms with Crippen LogP contribution in [-0.4, -0.2) is 53.9 Å². The fourth-order valence-corrected chi connectivity index (χ4v) is 7.08. The van der Waals surface area contributed by atoms with E-state index in [9.17, 15) is 14.4 Å². The zero-order chi connectivity index (χ0) is 38.3. The van der Waals surface area contributed by atoms with E-state index in [0.29, 0.717) is 30.6 Å². The van der Waals surface area contributed by atoms with Gasteiger partial charge in [0.25, 0.3) is 5.91 Å². The number of unbranched alkanes of at least 4 members (excludes halogenated alkanes) is 1. The van der Waals surface area contributed by atoms with Gasteiger partial charge in [-0.25, -0.2) is 9.36 Å². The van der Waals surface area contributed by atoms with Crippen molar-refractivity contribution in [2.24, 2.45) is 0 Å². The van der Waals surface area contributed by atoms with Gasteiger partial charge in [0, 0.05) is 52.3 Å². The highest BCUT2D eigenvalue weighted by Gasteiger charge is 2.27. The van der Waals surface area contributed by atoms with Gasteiger partial charge in [-0.1, -0.05) is 59.8 Å². The van der Waals surface area contributed by atoms with E-state index in [0.717, 1.165) is 55.5 Å². The highest BCUT2D eigenvalue weighted by Crippen LogP contribution is 2.42. The number of hydrogen-bond donors (Lipinski definition) is 2. The van der Waals surface area contributed by atoms with Crippen molar-refractivity contribution in [1.82, 2.24) is 30.1 Å². The largest absolute Gasteiger partial charge is 0.481 e. The van der Waals surface area contributed by atoms with Crippen LogP contribution < -0.4 is 10.2 Å². The number of carbonyl (C=O) groups is 3. The molecule has 0 saturated carbocycles. The molecule has 0 atom stereocenters. The summed E-state index contributed by atoms with van der Waals surface area (Å²) in [7, 11) is 0. The number of fused-ring (bicyclic) bond motifs is 5. The Kier molecular flexibility index (Phi) is 11.0. The van der Waals surface area contributed by atoms with Gasteiger partial charge in [-0.15, -0.1) is 16.9 Å². The Morgan fingerprint density at radius 1 is 0.836 bits per heavy atom. The summed E-state index contributed by atoms with van der Waals surface area (Å²) in [5, 5.41) is 34.4. The summed E-state index contributed by atoms with van der Waals surface area (Å²) in [5.74, 6) is -1.19. The molecule has 2 N–H and O–H groups in total. The standard InChI is InChI=1S/C42H36N8O4S/c1-55-38(22-23-43)28-14-18-33(19-15-28)50-26-31(45-47-50)24-44-42(54)29-16-20-32(21-17-29)49-27-36-35-10-4-5-11-37(35)48(39(51)12-6-7-13-40(52)53)25-30-8-2-3-9-34(30)41(36)46-49/h2-5,8-11,14-22,26-27H,6-7,12-13,24-25H2,1H3,(H,44,54)(H,52,53). The molecular formula is C42H36N8O4S. The molecule has 0 spiro atoms. The fraction of sp³-hybridized carbons (Fsp3) is 0.167. The molecule has 0 unspecified atom stereocenters. The van der Waals surface area contributed by atoms with Crippen molar-refractivity contribution in [3.63, 3.8) is 0 Å². The van der Waals surface area contributed by atoms with E-state index in [1.165, 1.54) is 17.8 Å². The van der Waals surface area contributed by atoms with Crippen LogP contribution in [0.15, 0.2) is 116 Å². The maximum Gasteiger partial charge on any atom is 0.303 e. The number of rotatable bonds is 12. The summed E-state index contributed by atoms with van der Waals surface area (Å²) in [4.78, 5) is 40.5. The number of hydrogen-bond acceptors (Lipinski definition) is 8. The molecule has 0 radical (unpaired) electrons. The first-order valence-corrected chi connectivity index (χ1v) is 18.9. The van der Waals surface area contributed by atoms with Gasteiger partial charge in [0.05, 0.1) is 42.4 Å². The minimum Gasteiger partial charge on any atom is -0.481 e. The van der Waals surface area contributed by atoms with Gasteiger partial charge in [-0.3, -0.25) is 14.4 Å². The van der Waals surface area contributed by atoms with Crippen molar-refractivity contribution in [2.75, 3.05) is 11.2 Å². The second-order valence-electron chi connectivity index (χ2n) is 12.9. The third-order valence-corrected chi connectivity index (χ3v) is 10.1. The number of aromatic nitrogens is 5. The maximum atomic E-state index is 13.7. The first kappa shape index (κ1) is 36.6. The molecule has 6 aromatic rings. The van der Waals surface area contributed by atoms with E-state index >= 15 is 0 Å². The number of thioether (sulfide) groups is 1. The number of carbonyl (C=O) groups excluding carboxylic acids is 2. The highest BCUT2D eigenvalue weighted by atomic mass is 32.2. The molecule has 3 heterocycles. The molecule has 0 fully saturated rings. The third kappa shape index (κ3) is 8.09. The van der Waals surface area contributed by atoms with Gasteiger partial charge in [-0.05, 0) is 72.7 Å². The monoisotopic (exact) mass is 748 g/mol. The second-order valence-corrected chi connectivity index (χ2v) is 13.7. The maximum absolute atomic E-state index is 13.7. The molecule has 0 saturated heterocycles. The zero-order valence-corrected chi connectivity index (χ0v) is 30.7. The SMILES string of the molecule is CSC(=CC#N)c1ccc(-n2cc(CNC(=O)c3ccc(-n4cc5c(n4)-c4ccccc4CN(C(=O)CCCCC(=O)O)c4ccccc4-5)cc3)nn2)cc1. The Balaban J connectivity index is 1.07. The minimum atomic E-state index is -0.866. The van der Waals surface area contributed by atoms with Crippen LogP contribution in [0.25, 0.3) is 38.7 Å². The van der Waals surface area contributed by atoms with Gasteiger partial charge in [0.2, 0.25) is 5.91 Å². The Hall–Kier alpha value is -6.78. The van der Waals surface area contributed by atoms with E-state index in [2.05, 4.69) is 21.7 Å². The Bertz CT molecular complexity index is 2440. The van der Waals surface area contributed by atoms with Crippen LogP contribution in [0.5, 0.6) is 0 Å². The Labute approximate surface area is 321 Å². The minimum absolute atomic E-state index is 0.0336. The van der Waals surface area contributed by atoms with Crippen molar-refractivity contribution in [3.05, 3.63) is 138 Å². The van der Waals surface area contributed by atoms with Gasteiger partial charge < -0.3 is 15.3 Å². The summed E-state index contributed by atoms with van der Waals surface area (Å²) in [6, 6.07) is 32.6. The second kappa shape index (κ2) is 16.5. The normalized spacial score (nSPS) is 12.1. The summed E-state index contributed by atoms with van der Waals surface area (Å²) in [5.41, 5.74) is 8.69. The van der Waals surface area contributed by atoms with Gasteiger partial charge in [0.15, 0.2) is 0 Å². The fourth-order valence-electron chi connectivity index (χ4n) is 6.53. The van der Waals surface area contributed by atoms with Crippen LogP contribution in [-0.2, 0) is 22.7 Å². The predicted octanol–water partition coefficient (Wildman–Crippen LogP) is 7.44. The average molecular weight is 749 g/mol. The van der Waals surface area contributed by atoms with Crippen molar-refractivity contribution >= 4 is 40.1 Å². The van der Waals surface area contributed by atoms with Crippen LogP contribution in [0.4, 0.5) is 5.69 Å². The van der Waals surface area contributed by atoms with Gasteiger partial charge in [0.1, 0.15) is 11.4 Å². The Morgan fingerprint density at radius 2 is 1.51 bits per heavy atom. The van der Waals surface area contributed by atoms with E-state index in [1.54, 1.807) is 32.6 Å². The van der Waals surface area contributed by atoms with Crippen molar-refractivity contribution < 1.29 is 19.5 Å². The molecule has 7 rings (SSSR count). The number of nitrogens with zero attached hydrogens (tertiary/aromatic N) is 7. The number of allylic oxidation sites excluding steroid dienone is 1. The van der Waals surface area contributed by atoms with Crippen LogP contribution in [0.3, 0.4) is 0 Å². The molecule has 1 aliphatic heterocycles. The molecule has 12 nitrogen and oxygen atoms in total. The van der Waals surface area contributed by atoms with E-state index < -0.39 is 5.97 Å². The molecule has 1 aliphatic rings. The molecule has 0 bridgehead atoms. The molecule has 4 aromatic carbocycles. The van der Waals surface area contributed by atoms with Crippen LogP contribution in [0.2, 0.25) is 0 Å². The first-order valence-electron chi connectivity index (χ1n) is 17.7. The smallest absolute Gasteiger partial charge is 0.303 e. The van der Waals surface area contributed by atoms with Gasteiger partial charge in [-0.2, -0.15) is 10.4 Å². The molecule has 55 heavy (non-hydrogen) atoms. The Morgan fingerprint density at radius 3 is 2.24 bits per heavy atom. The number of benzene rings is 4. The molecule has 274 valence electrons. The van der Waals surface area contributed by atoms with Gasteiger partial charge >= 0.3 is 5.97 Å². The third-order valence-electron chi connectivity index (χ3n) is 9.33. The lowest BCUT2D eigenvalue weighted by molar-refractivity contribution is -0.137. The van der Waals surface area contributed by atoms with Crippen molar-refractivity contribution in [3.8, 4) is 39.8 Å². The quantitative estimate of drug-likeness (QED) is 0.0959. The lowest BCUT2D eigenvalue weighted by atomic mass is 9.93. The topological polar surface area (TPSA) is 159 Å². The summed E-state index contributed by atoms with van der Waals surface area (Å²) in [6.45, 7) is 0.540. The summed E-state index contributed by atoms with van der Waals surface area (Å²) >= 11 is 1.50. The molecule has 13 heteroatoms. The molecule has 2 aromatic heterocycles. The number of carboxylic acids is 1. The van der Waals surface area contributed by atoms with Crippen LogP contribution in [0, 0.1) is 11.3 Å². The predicted molar refractivity (Wildman–Crippen MR) is 211 cm³/mol. The highest BCUT2D eigenvalue weighted by molar-refractivity contribution is 8.07. The number of para-hydroxylation sites is 1. The summed E-state index contributed by atoms with van der Waals surface area (Å²) in [6.07, 6.45) is 8.36. The van der Waals surface area contributed by atoms with E-state index in [1.807, 2.05) is 97.4 Å². The van der Waals surface area contributed by atoms with E-state index in [-0.39, 0.29) is 31.2 Å². The molecule has 0 aliphatic carbocycles. The summed E-state index contributed by atoms with van der Waals surface area (Å²) < 4.78 is 3.42. The number of nitriles is 1.